The van der Waals surface area contributed by atoms with E-state index < -0.39 is 24.1 Å². The predicted octanol–water partition coefficient (Wildman–Crippen LogP) is 5.41. The Hall–Kier alpha value is -3.04. The standard InChI is InChI=1S/C23H18Br2FN3O3/c24-17-8-5-15(6-9-17)14-32-21-10-7-16(11-18(21)25)13-27-29-23(31)12-22(30)28-20-4-2-1-3-19(20)26/h1-11,13H,12,14H2,(H,28,30)(H,29,31). The van der Waals surface area contributed by atoms with Crippen LogP contribution in [0.15, 0.2) is 80.8 Å². The molecule has 2 N–H and O–H groups in total. The summed E-state index contributed by atoms with van der Waals surface area (Å²) >= 11 is 6.86. The second kappa shape index (κ2) is 11.5. The Kier molecular flexibility index (Phi) is 8.52. The Balaban J connectivity index is 1.47. The number of para-hydroxylation sites is 1. The van der Waals surface area contributed by atoms with Gasteiger partial charge in [0.2, 0.25) is 11.8 Å². The fraction of sp³-hybridized carbons (Fsp3) is 0.0870. The molecule has 0 spiro atoms. The van der Waals surface area contributed by atoms with Gasteiger partial charge in [0.05, 0.1) is 16.4 Å². The normalized spacial score (nSPS) is 10.7. The minimum absolute atomic E-state index is 0.0149. The van der Waals surface area contributed by atoms with Crippen LogP contribution in [0, 0.1) is 5.82 Å². The first-order valence-electron chi connectivity index (χ1n) is 9.44. The first-order valence-corrected chi connectivity index (χ1v) is 11.0. The Bertz CT molecular complexity index is 1140. The van der Waals surface area contributed by atoms with Crippen LogP contribution >= 0.6 is 31.9 Å². The summed E-state index contributed by atoms with van der Waals surface area (Å²) in [7, 11) is 0. The van der Waals surface area contributed by atoms with Crippen LogP contribution in [0.3, 0.4) is 0 Å². The maximum Gasteiger partial charge on any atom is 0.249 e. The topological polar surface area (TPSA) is 79.8 Å². The van der Waals surface area contributed by atoms with Crippen LogP contribution in [0.1, 0.15) is 17.5 Å². The van der Waals surface area contributed by atoms with Gasteiger partial charge in [0.25, 0.3) is 0 Å². The molecule has 32 heavy (non-hydrogen) atoms. The number of rotatable bonds is 8. The third-order valence-corrected chi connectivity index (χ3v) is 5.28. The van der Waals surface area contributed by atoms with Gasteiger partial charge in [0.1, 0.15) is 24.6 Å². The highest BCUT2D eigenvalue weighted by Gasteiger charge is 2.11. The molecule has 164 valence electrons. The zero-order valence-electron chi connectivity index (χ0n) is 16.6. The van der Waals surface area contributed by atoms with E-state index in [4.69, 9.17) is 4.74 Å². The molecule has 0 unspecified atom stereocenters. The van der Waals surface area contributed by atoms with Crippen molar-refractivity contribution >= 4 is 55.6 Å². The van der Waals surface area contributed by atoms with Gasteiger partial charge in [0, 0.05) is 4.47 Å². The van der Waals surface area contributed by atoms with Crippen molar-refractivity contribution in [1.82, 2.24) is 5.43 Å². The van der Waals surface area contributed by atoms with E-state index in [2.05, 4.69) is 47.7 Å². The van der Waals surface area contributed by atoms with Crippen molar-refractivity contribution in [3.63, 3.8) is 0 Å². The lowest BCUT2D eigenvalue weighted by Crippen LogP contribution is -2.24. The van der Waals surface area contributed by atoms with E-state index in [1.54, 1.807) is 24.3 Å². The van der Waals surface area contributed by atoms with E-state index >= 15 is 0 Å². The van der Waals surface area contributed by atoms with E-state index in [1.165, 1.54) is 24.4 Å². The SMILES string of the molecule is O=C(CC(=O)Nc1ccccc1F)NN=Cc1ccc(OCc2ccc(Br)cc2)c(Br)c1. The Morgan fingerprint density at radius 3 is 2.47 bits per heavy atom. The third-order valence-electron chi connectivity index (χ3n) is 4.14. The number of hydrogen-bond acceptors (Lipinski definition) is 4. The largest absolute Gasteiger partial charge is 0.488 e. The summed E-state index contributed by atoms with van der Waals surface area (Å²) in [5, 5.41) is 6.19. The lowest BCUT2D eigenvalue weighted by Gasteiger charge is -2.09. The van der Waals surface area contributed by atoms with Crippen LogP contribution in [-0.4, -0.2) is 18.0 Å². The van der Waals surface area contributed by atoms with Gasteiger partial charge in [-0.2, -0.15) is 5.10 Å². The molecule has 0 atom stereocenters. The number of carbonyl (C=O) groups excluding carboxylic acids is 2. The minimum Gasteiger partial charge on any atom is -0.488 e. The van der Waals surface area contributed by atoms with Crippen molar-refractivity contribution in [3.05, 3.63) is 92.6 Å². The van der Waals surface area contributed by atoms with Crippen molar-refractivity contribution in [3.8, 4) is 5.75 Å². The van der Waals surface area contributed by atoms with E-state index in [1.807, 2.05) is 24.3 Å². The Morgan fingerprint density at radius 1 is 1.00 bits per heavy atom. The maximum atomic E-state index is 13.5. The molecule has 0 saturated carbocycles. The molecule has 0 radical (unpaired) electrons. The van der Waals surface area contributed by atoms with Crippen LogP contribution in [0.2, 0.25) is 0 Å². The van der Waals surface area contributed by atoms with Gasteiger partial charge in [-0.1, -0.05) is 40.2 Å². The molecular weight excluding hydrogens is 545 g/mol. The molecule has 0 saturated heterocycles. The fourth-order valence-electron chi connectivity index (χ4n) is 2.58. The van der Waals surface area contributed by atoms with Crippen molar-refractivity contribution < 1.29 is 18.7 Å². The molecule has 0 aromatic heterocycles. The highest BCUT2D eigenvalue weighted by molar-refractivity contribution is 9.10. The number of anilines is 1. The van der Waals surface area contributed by atoms with Crippen molar-refractivity contribution in [2.45, 2.75) is 13.0 Å². The molecule has 3 aromatic rings. The number of halogens is 3. The van der Waals surface area contributed by atoms with Gasteiger partial charge < -0.3 is 10.1 Å². The number of hydrogen-bond donors (Lipinski definition) is 2. The molecule has 9 heteroatoms. The Morgan fingerprint density at radius 2 is 1.75 bits per heavy atom. The van der Waals surface area contributed by atoms with Gasteiger partial charge >= 0.3 is 0 Å². The lowest BCUT2D eigenvalue weighted by atomic mass is 10.2. The monoisotopic (exact) mass is 561 g/mol. The van der Waals surface area contributed by atoms with E-state index in [0.717, 1.165) is 14.5 Å². The highest BCUT2D eigenvalue weighted by atomic mass is 79.9. The second-order valence-corrected chi connectivity index (χ2v) is 8.37. The van der Waals surface area contributed by atoms with Crippen LogP contribution < -0.4 is 15.5 Å². The number of nitrogens with zero attached hydrogens (tertiary/aromatic N) is 1. The van der Waals surface area contributed by atoms with E-state index in [-0.39, 0.29) is 5.69 Å². The van der Waals surface area contributed by atoms with Crippen molar-refractivity contribution in [2.24, 2.45) is 5.10 Å². The lowest BCUT2D eigenvalue weighted by molar-refractivity contribution is -0.126. The number of benzene rings is 3. The molecular formula is C23H18Br2FN3O3. The predicted molar refractivity (Wildman–Crippen MR) is 128 cm³/mol. The molecule has 2 amide bonds. The molecule has 6 nitrogen and oxygen atoms in total. The van der Waals surface area contributed by atoms with Crippen molar-refractivity contribution in [2.75, 3.05) is 5.32 Å². The molecule has 0 fully saturated rings. The minimum atomic E-state index is -0.641. The number of hydrazone groups is 1. The molecule has 3 aromatic carbocycles. The van der Waals surface area contributed by atoms with Gasteiger partial charge in [-0.3, -0.25) is 9.59 Å². The van der Waals surface area contributed by atoms with Crippen molar-refractivity contribution in [1.29, 1.82) is 0 Å². The molecule has 0 bridgehead atoms. The van der Waals surface area contributed by atoms with Gasteiger partial charge in [-0.15, -0.1) is 0 Å². The molecule has 0 heterocycles. The van der Waals surface area contributed by atoms with Gasteiger partial charge in [-0.05, 0) is 69.5 Å². The number of amides is 2. The number of ether oxygens (including phenoxy) is 1. The Labute approximate surface area is 201 Å². The summed E-state index contributed by atoms with van der Waals surface area (Å²) in [6, 6.07) is 18.9. The second-order valence-electron chi connectivity index (χ2n) is 6.60. The zero-order valence-corrected chi connectivity index (χ0v) is 19.8. The summed E-state index contributed by atoms with van der Waals surface area (Å²) in [5.74, 6) is -1.17. The van der Waals surface area contributed by atoms with Gasteiger partial charge in [0.15, 0.2) is 0 Å². The van der Waals surface area contributed by atoms with Gasteiger partial charge in [-0.25, -0.2) is 9.82 Å². The molecule has 0 aliphatic rings. The summed E-state index contributed by atoms with van der Waals surface area (Å²) in [5.41, 5.74) is 4.03. The first kappa shape index (κ1) is 23.6. The summed E-state index contributed by atoms with van der Waals surface area (Å²) in [6.45, 7) is 0.421. The fourth-order valence-corrected chi connectivity index (χ4v) is 3.35. The summed E-state index contributed by atoms with van der Waals surface area (Å²) in [4.78, 5) is 23.7. The third kappa shape index (κ3) is 7.28. The molecule has 3 rings (SSSR count). The quantitative estimate of drug-likeness (QED) is 0.219. The summed E-state index contributed by atoms with van der Waals surface area (Å²) < 4.78 is 21.1. The molecule has 0 aliphatic heterocycles. The zero-order chi connectivity index (χ0) is 22.9. The number of nitrogens with one attached hydrogen (secondary N) is 2. The van der Waals surface area contributed by atoms with E-state index in [9.17, 15) is 14.0 Å². The molecule has 0 aliphatic carbocycles. The van der Waals surface area contributed by atoms with Crippen LogP contribution in [-0.2, 0) is 16.2 Å². The first-order chi connectivity index (χ1) is 15.4. The number of carbonyl (C=O) groups is 2. The van der Waals surface area contributed by atoms with Crippen LogP contribution in [0.5, 0.6) is 5.75 Å². The summed E-state index contributed by atoms with van der Waals surface area (Å²) in [6.07, 6.45) is 0.953. The van der Waals surface area contributed by atoms with E-state index in [0.29, 0.717) is 17.9 Å². The average Bonchev–Trinajstić information content (AvgIpc) is 2.76. The average molecular weight is 563 g/mol. The highest BCUT2D eigenvalue weighted by Crippen LogP contribution is 2.26. The van der Waals surface area contributed by atoms with Crippen LogP contribution in [0.4, 0.5) is 10.1 Å². The van der Waals surface area contributed by atoms with Crippen LogP contribution in [0.25, 0.3) is 0 Å². The smallest absolute Gasteiger partial charge is 0.249 e. The maximum absolute atomic E-state index is 13.5.